The summed E-state index contributed by atoms with van der Waals surface area (Å²) in [5.41, 5.74) is 0. The first-order chi connectivity index (χ1) is 4.63. The molecule has 0 aromatic heterocycles. The van der Waals surface area contributed by atoms with E-state index in [1.807, 2.05) is 0 Å². The van der Waals surface area contributed by atoms with Crippen molar-refractivity contribution in [3.05, 3.63) is 0 Å². The molecule has 3 atom stereocenters. The molecule has 3 aliphatic heterocycles. The van der Waals surface area contributed by atoms with Crippen LogP contribution in [0.25, 0.3) is 0 Å². The summed E-state index contributed by atoms with van der Waals surface area (Å²) in [6, 6.07) is 0. The van der Waals surface area contributed by atoms with E-state index < -0.39 is 0 Å². The SMILES string of the molecule is CC(C)C1C2CCS1(C)C2. The maximum Gasteiger partial charge on any atom is -0.00550 e. The van der Waals surface area contributed by atoms with Gasteiger partial charge in [0.05, 0.1) is 0 Å². The average Bonchev–Trinajstić information content (AvgIpc) is 2.20. The van der Waals surface area contributed by atoms with Gasteiger partial charge in [0.2, 0.25) is 0 Å². The van der Waals surface area contributed by atoms with Crippen LogP contribution in [0.5, 0.6) is 0 Å². The third-order valence-electron chi connectivity index (χ3n) is 3.33. The van der Waals surface area contributed by atoms with E-state index in [9.17, 15) is 0 Å². The van der Waals surface area contributed by atoms with Gasteiger partial charge in [0.25, 0.3) is 0 Å². The Balaban J connectivity index is 2.13. The van der Waals surface area contributed by atoms with E-state index in [-0.39, 0.29) is 10.0 Å². The van der Waals surface area contributed by atoms with Gasteiger partial charge in [-0.1, -0.05) is 13.8 Å². The normalized spacial score (nSPS) is 58.0. The molecule has 10 heavy (non-hydrogen) atoms. The van der Waals surface area contributed by atoms with Crippen LogP contribution in [0.15, 0.2) is 0 Å². The molecule has 3 fully saturated rings. The molecule has 3 saturated heterocycles. The fourth-order valence-electron chi connectivity index (χ4n) is 3.13. The quantitative estimate of drug-likeness (QED) is 0.550. The largest absolute Gasteiger partial charge is 0.240 e. The highest BCUT2D eigenvalue weighted by Crippen LogP contribution is 2.71. The second-order valence-corrected chi connectivity index (χ2v) is 8.47. The molecular weight excluding hydrogens is 140 g/mol. The van der Waals surface area contributed by atoms with E-state index in [0.717, 1.165) is 17.1 Å². The van der Waals surface area contributed by atoms with E-state index >= 15 is 0 Å². The summed E-state index contributed by atoms with van der Waals surface area (Å²) in [7, 11) is -0.0428. The number of hydrogen-bond acceptors (Lipinski definition) is 0. The van der Waals surface area contributed by atoms with Crippen LogP contribution in [-0.4, -0.2) is 23.0 Å². The Morgan fingerprint density at radius 3 is 2.30 bits per heavy atom. The lowest BCUT2D eigenvalue weighted by Gasteiger charge is -2.52. The van der Waals surface area contributed by atoms with Gasteiger partial charge in [-0.25, -0.2) is 10.0 Å². The van der Waals surface area contributed by atoms with Crippen molar-refractivity contribution in [1.82, 2.24) is 0 Å². The summed E-state index contributed by atoms with van der Waals surface area (Å²) < 4.78 is 0. The Morgan fingerprint density at radius 1 is 1.40 bits per heavy atom. The van der Waals surface area contributed by atoms with Crippen molar-refractivity contribution in [2.24, 2.45) is 11.8 Å². The van der Waals surface area contributed by atoms with Crippen molar-refractivity contribution < 1.29 is 0 Å². The first kappa shape index (κ1) is 7.02. The Kier molecular flexibility index (Phi) is 1.36. The topological polar surface area (TPSA) is 0 Å². The van der Waals surface area contributed by atoms with Gasteiger partial charge in [0.15, 0.2) is 0 Å². The summed E-state index contributed by atoms with van der Waals surface area (Å²) in [5.74, 6) is 5.34. The van der Waals surface area contributed by atoms with Crippen LogP contribution in [0, 0.1) is 11.8 Å². The second kappa shape index (κ2) is 1.94. The molecule has 0 nitrogen and oxygen atoms in total. The van der Waals surface area contributed by atoms with Crippen molar-refractivity contribution in [3.8, 4) is 0 Å². The fraction of sp³-hybridized carbons (Fsp3) is 1.00. The standard InChI is InChI=1S/C9H18S/c1-7(2)9-8-4-5-10(9,3)6-8/h7-9H,4-6H2,1-3H3. The van der Waals surface area contributed by atoms with Gasteiger partial charge >= 0.3 is 0 Å². The minimum atomic E-state index is -0.0428. The van der Waals surface area contributed by atoms with E-state index in [2.05, 4.69) is 20.1 Å². The van der Waals surface area contributed by atoms with Crippen LogP contribution in [-0.2, 0) is 0 Å². The van der Waals surface area contributed by atoms with Crippen LogP contribution >= 0.6 is 10.0 Å². The smallest absolute Gasteiger partial charge is 0.00550 e. The second-order valence-electron chi connectivity index (χ2n) is 4.48. The Labute approximate surface area is 65.7 Å². The third kappa shape index (κ3) is 0.702. The zero-order valence-corrected chi connectivity index (χ0v) is 8.08. The monoisotopic (exact) mass is 158 g/mol. The lowest BCUT2D eigenvalue weighted by Crippen LogP contribution is -2.39. The lowest BCUT2D eigenvalue weighted by atomic mass is 9.95. The molecule has 0 aromatic rings. The van der Waals surface area contributed by atoms with Crippen molar-refractivity contribution in [1.29, 1.82) is 0 Å². The molecule has 0 aliphatic carbocycles. The zero-order chi connectivity index (χ0) is 7.35. The summed E-state index contributed by atoms with van der Waals surface area (Å²) in [4.78, 5) is 0. The van der Waals surface area contributed by atoms with Gasteiger partial charge in [-0.2, -0.15) is 0 Å². The molecule has 3 aliphatic rings. The molecule has 3 unspecified atom stereocenters. The maximum absolute atomic E-state index is 2.57. The first-order valence-corrected chi connectivity index (χ1v) is 6.80. The van der Waals surface area contributed by atoms with Gasteiger partial charge in [-0.15, -0.1) is 0 Å². The van der Waals surface area contributed by atoms with Crippen molar-refractivity contribution >= 4 is 10.0 Å². The first-order valence-electron chi connectivity index (χ1n) is 4.36. The van der Waals surface area contributed by atoms with Crippen LogP contribution in [0.2, 0.25) is 0 Å². The number of rotatable bonds is 1. The lowest BCUT2D eigenvalue weighted by molar-refractivity contribution is 0.445. The fourth-order valence-corrected chi connectivity index (χ4v) is 8.10. The predicted molar refractivity (Wildman–Crippen MR) is 50.0 cm³/mol. The summed E-state index contributed by atoms with van der Waals surface area (Å²) in [6.45, 7) is 4.82. The molecule has 2 bridgehead atoms. The molecule has 60 valence electrons. The minimum Gasteiger partial charge on any atom is -0.240 e. The van der Waals surface area contributed by atoms with Gasteiger partial charge < -0.3 is 0 Å². The van der Waals surface area contributed by atoms with Gasteiger partial charge in [-0.05, 0) is 41.3 Å². The zero-order valence-electron chi connectivity index (χ0n) is 7.26. The molecule has 0 radical (unpaired) electrons. The van der Waals surface area contributed by atoms with Crippen LogP contribution < -0.4 is 0 Å². The molecule has 0 N–H and O–H groups in total. The highest BCUT2D eigenvalue weighted by atomic mass is 32.3. The van der Waals surface area contributed by atoms with E-state index in [1.54, 1.807) is 17.9 Å². The molecule has 0 saturated carbocycles. The molecule has 3 heterocycles. The highest BCUT2D eigenvalue weighted by Gasteiger charge is 2.52. The van der Waals surface area contributed by atoms with E-state index in [1.165, 1.54) is 0 Å². The Hall–Kier alpha value is 0.350. The summed E-state index contributed by atoms with van der Waals surface area (Å²) >= 11 is 0. The predicted octanol–water partition coefficient (Wildman–Crippen LogP) is 2.48. The molecule has 0 spiro atoms. The van der Waals surface area contributed by atoms with Crippen LogP contribution in [0.1, 0.15) is 20.3 Å². The third-order valence-corrected chi connectivity index (χ3v) is 7.93. The molecule has 3 rings (SSSR count). The molecular formula is C9H18S. The van der Waals surface area contributed by atoms with Gasteiger partial charge in [0, 0.05) is 0 Å². The average molecular weight is 158 g/mol. The van der Waals surface area contributed by atoms with E-state index in [0.29, 0.717) is 0 Å². The minimum absolute atomic E-state index is 0.0428. The molecule has 0 aromatic carbocycles. The number of fused-ring (bicyclic) bond motifs is 1. The van der Waals surface area contributed by atoms with Crippen molar-refractivity contribution in [2.75, 3.05) is 17.8 Å². The molecule has 0 amide bonds. The van der Waals surface area contributed by atoms with E-state index in [4.69, 9.17) is 0 Å². The summed E-state index contributed by atoms with van der Waals surface area (Å²) in [5, 5.41) is 1.16. The van der Waals surface area contributed by atoms with Crippen LogP contribution in [0.3, 0.4) is 0 Å². The highest BCUT2D eigenvalue weighted by molar-refractivity contribution is 8.35. The summed E-state index contributed by atoms with van der Waals surface area (Å²) in [6.07, 6.45) is 4.13. The van der Waals surface area contributed by atoms with Crippen LogP contribution in [0.4, 0.5) is 0 Å². The van der Waals surface area contributed by atoms with Crippen molar-refractivity contribution in [2.45, 2.75) is 25.5 Å². The Bertz CT molecular complexity index is 149. The maximum atomic E-state index is 2.57. The molecule has 1 heteroatoms. The number of hydrogen-bond donors (Lipinski definition) is 0. The van der Waals surface area contributed by atoms with Crippen molar-refractivity contribution in [3.63, 3.8) is 0 Å². The Morgan fingerprint density at radius 2 is 2.10 bits per heavy atom. The van der Waals surface area contributed by atoms with Gasteiger partial charge in [-0.3, -0.25) is 0 Å². The van der Waals surface area contributed by atoms with Gasteiger partial charge in [0.1, 0.15) is 0 Å².